The summed E-state index contributed by atoms with van der Waals surface area (Å²) in [7, 11) is 0. The van der Waals surface area contributed by atoms with Crippen LogP contribution in [-0.2, 0) is 4.79 Å². The molecule has 0 aliphatic carbocycles. The van der Waals surface area contributed by atoms with Gasteiger partial charge in [-0.05, 0) is 36.5 Å². The highest BCUT2D eigenvalue weighted by Gasteiger charge is 2.13. The highest BCUT2D eigenvalue weighted by Crippen LogP contribution is 2.26. The third-order valence-electron chi connectivity index (χ3n) is 2.83. The molecule has 0 heterocycles. The van der Waals surface area contributed by atoms with Crippen molar-refractivity contribution in [3.63, 3.8) is 0 Å². The van der Waals surface area contributed by atoms with Crippen molar-refractivity contribution in [3.05, 3.63) is 60.2 Å². The summed E-state index contributed by atoms with van der Waals surface area (Å²) in [4.78, 5) is 14.6. The van der Waals surface area contributed by atoms with Crippen LogP contribution in [-0.4, -0.2) is 17.8 Å². The van der Waals surface area contributed by atoms with Crippen molar-refractivity contribution >= 4 is 12.7 Å². The fourth-order valence-electron chi connectivity index (χ4n) is 1.84. The highest BCUT2D eigenvalue weighted by atomic mass is 16.5. The van der Waals surface area contributed by atoms with E-state index < -0.39 is 12.0 Å². The Bertz CT molecular complexity index is 578. The van der Waals surface area contributed by atoms with E-state index >= 15 is 0 Å². The van der Waals surface area contributed by atoms with Crippen molar-refractivity contribution in [2.24, 2.45) is 4.99 Å². The number of carboxylic acid groups (broad SMARTS) is 1. The molecule has 0 saturated heterocycles. The minimum atomic E-state index is -0.896. The summed E-state index contributed by atoms with van der Waals surface area (Å²) in [6.07, 6.45) is -0.0671. The lowest BCUT2D eigenvalue weighted by Crippen LogP contribution is -2.03. The minimum absolute atomic E-state index is 0.0671. The Labute approximate surface area is 117 Å². The molecule has 0 spiro atoms. The van der Waals surface area contributed by atoms with Crippen molar-refractivity contribution in [1.82, 2.24) is 0 Å². The molecule has 1 N–H and O–H groups in total. The molecule has 0 saturated carbocycles. The largest absolute Gasteiger partial charge is 0.481 e. The number of nitrogens with zero attached hydrogens (tertiary/aromatic N) is 1. The Hall–Kier alpha value is -2.62. The van der Waals surface area contributed by atoms with Crippen LogP contribution in [0.15, 0.2) is 59.6 Å². The Kier molecular flexibility index (Phi) is 4.50. The lowest BCUT2D eigenvalue weighted by Gasteiger charge is -2.11. The van der Waals surface area contributed by atoms with E-state index in [9.17, 15) is 4.79 Å². The van der Waals surface area contributed by atoms with Crippen LogP contribution in [0, 0.1) is 0 Å². The van der Waals surface area contributed by atoms with E-state index in [1.54, 1.807) is 24.3 Å². The molecule has 2 aromatic carbocycles. The number of carbonyl (C=O) groups is 1. The first-order valence-corrected chi connectivity index (χ1v) is 6.19. The normalized spacial score (nSPS) is 11.6. The van der Waals surface area contributed by atoms with Crippen LogP contribution in [0.1, 0.15) is 18.0 Å². The fourth-order valence-corrected chi connectivity index (χ4v) is 1.84. The van der Waals surface area contributed by atoms with E-state index in [1.807, 2.05) is 30.3 Å². The molecule has 2 rings (SSSR count). The summed E-state index contributed by atoms with van der Waals surface area (Å²) in [5.41, 5.74) is 0.808. The van der Waals surface area contributed by atoms with Gasteiger partial charge in [0.1, 0.15) is 11.5 Å². The van der Waals surface area contributed by atoms with Gasteiger partial charge >= 0.3 is 5.97 Å². The van der Waals surface area contributed by atoms with E-state index in [1.165, 1.54) is 0 Å². The molecule has 102 valence electrons. The number of aliphatic imine (C=N–C) groups is 1. The van der Waals surface area contributed by atoms with Gasteiger partial charge < -0.3 is 9.84 Å². The number of para-hydroxylation sites is 1. The highest BCUT2D eigenvalue weighted by molar-refractivity contribution is 5.68. The molecule has 0 aliphatic rings. The summed E-state index contributed by atoms with van der Waals surface area (Å²) >= 11 is 0. The van der Waals surface area contributed by atoms with E-state index in [4.69, 9.17) is 9.84 Å². The van der Waals surface area contributed by atoms with Gasteiger partial charge in [-0.3, -0.25) is 9.79 Å². The molecule has 1 unspecified atom stereocenters. The quantitative estimate of drug-likeness (QED) is 0.813. The molecule has 2 aromatic rings. The molecule has 0 amide bonds. The van der Waals surface area contributed by atoms with Crippen LogP contribution in [0.25, 0.3) is 0 Å². The van der Waals surface area contributed by atoms with E-state index in [0.29, 0.717) is 5.75 Å². The number of carboxylic acids is 1. The monoisotopic (exact) mass is 269 g/mol. The third-order valence-corrected chi connectivity index (χ3v) is 2.83. The van der Waals surface area contributed by atoms with Gasteiger partial charge in [-0.2, -0.15) is 0 Å². The van der Waals surface area contributed by atoms with Crippen LogP contribution in [0.4, 0.5) is 0 Å². The van der Waals surface area contributed by atoms with Gasteiger partial charge in [0.2, 0.25) is 0 Å². The molecular weight excluding hydrogens is 254 g/mol. The van der Waals surface area contributed by atoms with Gasteiger partial charge in [0.25, 0.3) is 0 Å². The number of ether oxygens (including phenoxy) is 1. The van der Waals surface area contributed by atoms with E-state index in [-0.39, 0.29) is 6.42 Å². The average molecular weight is 269 g/mol. The first kappa shape index (κ1) is 13.8. The number of benzene rings is 2. The maximum atomic E-state index is 10.7. The lowest BCUT2D eigenvalue weighted by atomic mass is 10.0. The summed E-state index contributed by atoms with van der Waals surface area (Å²) in [5.74, 6) is 0.550. The summed E-state index contributed by atoms with van der Waals surface area (Å²) in [5, 5.41) is 8.81. The Morgan fingerprint density at radius 3 is 2.25 bits per heavy atom. The Balaban J connectivity index is 2.09. The van der Waals surface area contributed by atoms with Crippen molar-refractivity contribution in [2.45, 2.75) is 12.5 Å². The molecule has 0 bridgehead atoms. The number of aliphatic carboxylic acids is 1. The maximum Gasteiger partial charge on any atom is 0.305 e. The second-order valence-corrected chi connectivity index (χ2v) is 4.28. The van der Waals surface area contributed by atoms with Crippen LogP contribution in [0.2, 0.25) is 0 Å². The van der Waals surface area contributed by atoms with Crippen LogP contribution in [0.5, 0.6) is 11.5 Å². The predicted octanol–water partition coefficient (Wildman–Crippen LogP) is 3.70. The summed E-state index contributed by atoms with van der Waals surface area (Å²) < 4.78 is 5.67. The first-order valence-electron chi connectivity index (χ1n) is 6.19. The van der Waals surface area contributed by atoms with Gasteiger partial charge in [-0.25, -0.2) is 0 Å². The zero-order valence-corrected chi connectivity index (χ0v) is 10.9. The Morgan fingerprint density at radius 2 is 1.70 bits per heavy atom. The second kappa shape index (κ2) is 6.52. The standard InChI is InChI=1S/C16H15NO3/c1-17-15(11-16(18)19)12-7-9-14(10-8-12)20-13-5-3-2-4-6-13/h2-10,15H,1,11H2,(H,18,19). The average Bonchev–Trinajstić information content (AvgIpc) is 2.46. The molecule has 0 fully saturated rings. The van der Waals surface area contributed by atoms with Gasteiger partial charge in [-0.15, -0.1) is 0 Å². The van der Waals surface area contributed by atoms with Crippen molar-refractivity contribution in [2.75, 3.05) is 0 Å². The lowest BCUT2D eigenvalue weighted by molar-refractivity contribution is -0.137. The summed E-state index contributed by atoms with van der Waals surface area (Å²) in [6.45, 7) is 3.44. The molecule has 1 atom stereocenters. The zero-order chi connectivity index (χ0) is 14.4. The molecule has 0 radical (unpaired) electrons. The van der Waals surface area contributed by atoms with Crippen LogP contribution in [0.3, 0.4) is 0 Å². The molecule has 4 nitrogen and oxygen atoms in total. The van der Waals surface area contributed by atoms with Gasteiger partial charge in [0.05, 0.1) is 12.5 Å². The number of hydrogen-bond acceptors (Lipinski definition) is 3. The zero-order valence-electron chi connectivity index (χ0n) is 10.9. The SMILES string of the molecule is C=NC(CC(=O)O)c1ccc(Oc2ccccc2)cc1. The molecule has 0 aliphatic heterocycles. The minimum Gasteiger partial charge on any atom is -0.481 e. The van der Waals surface area contributed by atoms with Crippen molar-refractivity contribution < 1.29 is 14.6 Å². The number of hydrogen-bond donors (Lipinski definition) is 1. The molecule has 20 heavy (non-hydrogen) atoms. The second-order valence-electron chi connectivity index (χ2n) is 4.28. The Morgan fingerprint density at radius 1 is 1.10 bits per heavy atom. The van der Waals surface area contributed by atoms with E-state index in [2.05, 4.69) is 11.7 Å². The van der Waals surface area contributed by atoms with Crippen molar-refractivity contribution in [1.29, 1.82) is 0 Å². The smallest absolute Gasteiger partial charge is 0.305 e. The van der Waals surface area contributed by atoms with Crippen LogP contribution >= 0.6 is 0 Å². The molecule has 0 aromatic heterocycles. The van der Waals surface area contributed by atoms with Crippen LogP contribution < -0.4 is 4.74 Å². The maximum absolute atomic E-state index is 10.7. The van der Waals surface area contributed by atoms with E-state index in [0.717, 1.165) is 11.3 Å². The molecule has 4 heteroatoms. The third kappa shape index (κ3) is 3.68. The summed E-state index contributed by atoms with van der Waals surface area (Å²) in [6, 6.07) is 16.2. The van der Waals surface area contributed by atoms with Crippen molar-refractivity contribution in [3.8, 4) is 11.5 Å². The van der Waals surface area contributed by atoms with Gasteiger partial charge in [0, 0.05) is 0 Å². The fraction of sp³-hybridized carbons (Fsp3) is 0.125. The predicted molar refractivity (Wildman–Crippen MR) is 77.5 cm³/mol. The van der Waals surface area contributed by atoms with Gasteiger partial charge in [0.15, 0.2) is 0 Å². The topological polar surface area (TPSA) is 58.9 Å². The van der Waals surface area contributed by atoms with Gasteiger partial charge in [-0.1, -0.05) is 30.3 Å². The molecular formula is C16H15NO3. The first-order chi connectivity index (χ1) is 9.69. The number of rotatable bonds is 6.